The van der Waals surface area contributed by atoms with E-state index in [0.29, 0.717) is 18.4 Å². The van der Waals surface area contributed by atoms with Crippen molar-refractivity contribution in [3.8, 4) is 0 Å². The number of hydrogen-bond acceptors (Lipinski definition) is 3. The molecule has 1 saturated heterocycles. The monoisotopic (exact) mass is 242 g/mol. The van der Waals surface area contributed by atoms with Gasteiger partial charge in [0.25, 0.3) is 0 Å². The molecule has 2 N–H and O–H groups in total. The minimum Gasteiger partial charge on any atom is -0.444 e. The summed E-state index contributed by atoms with van der Waals surface area (Å²) in [5.74, 6) is 0.984. The smallest absolute Gasteiger partial charge is 0.410 e. The molecule has 1 rings (SSSR count). The van der Waals surface area contributed by atoms with Crippen LogP contribution < -0.4 is 5.73 Å². The number of nitrogens with zero attached hydrogens (tertiary/aromatic N) is 1. The number of amides is 1. The summed E-state index contributed by atoms with van der Waals surface area (Å²) in [6.45, 7) is 10.1. The summed E-state index contributed by atoms with van der Waals surface area (Å²) in [6.07, 6.45) is 1.93. The van der Waals surface area contributed by atoms with Crippen molar-refractivity contribution in [1.82, 2.24) is 4.90 Å². The van der Waals surface area contributed by atoms with E-state index in [-0.39, 0.29) is 6.09 Å². The molecule has 100 valence electrons. The molecule has 0 aromatic carbocycles. The average molecular weight is 242 g/mol. The number of carbonyl (C=O) groups excluding carboxylic acids is 1. The SMILES string of the molecule is C[C@H]1CN(C(=O)OC(C)(C)C)CCC[C@H]1CN. The van der Waals surface area contributed by atoms with Gasteiger partial charge in [-0.15, -0.1) is 0 Å². The lowest BCUT2D eigenvalue weighted by Crippen LogP contribution is -2.39. The number of ether oxygens (including phenoxy) is 1. The maximum absolute atomic E-state index is 12.0. The molecular weight excluding hydrogens is 216 g/mol. The summed E-state index contributed by atoms with van der Waals surface area (Å²) in [5.41, 5.74) is 5.33. The first kappa shape index (κ1) is 14.3. The van der Waals surface area contributed by atoms with Gasteiger partial charge in [-0.2, -0.15) is 0 Å². The van der Waals surface area contributed by atoms with Gasteiger partial charge in [0, 0.05) is 13.1 Å². The zero-order valence-electron chi connectivity index (χ0n) is 11.5. The Balaban J connectivity index is 2.57. The van der Waals surface area contributed by atoms with E-state index >= 15 is 0 Å². The van der Waals surface area contributed by atoms with E-state index in [4.69, 9.17) is 10.5 Å². The lowest BCUT2D eigenvalue weighted by atomic mass is 9.91. The second-order valence-electron chi connectivity index (χ2n) is 6.04. The van der Waals surface area contributed by atoms with Crippen molar-refractivity contribution in [2.45, 2.75) is 46.1 Å². The van der Waals surface area contributed by atoms with Gasteiger partial charge in [-0.3, -0.25) is 0 Å². The molecule has 1 heterocycles. The first-order valence-electron chi connectivity index (χ1n) is 6.51. The van der Waals surface area contributed by atoms with Gasteiger partial charge in [-0.05, 0) is 52.0 Å². The molecule has 1 aliphatic heterocycles. The van der Waals surface area contributed by atoms with Gasteiger partial charge in [0.05, 0.1) is 0 Å². The van der Waals surface area contributed by atoms with Gasteiger partial charge in [-0.25, -0.2) is 4.79 Å². The van der Waals surface area contributed by atoms with Crippen LogP contribution in [0, 0.1) is 11.8 Å². The lowest BCUT2D eigenvalue weighted by Gasteiger charge is -2.28. The Labute approximate surface area is 104 Å². The van der Waals surface area contributed by atoms with Crippen molar-refractivity contribution < 1.29 is 9.53 Å². The van der Waals surface area contributed by atoms with E-state index in [1.807, 2.05) is 25.7 Å². The Kier molecular flexibility index (Phi) is 4.80. The molecular formula is C13H26N2O2. The maximum Gasteiger partial charge on any atom is 0.410 e. The van der Waals surface area contributed by atoms with Gasteiger partial charge >= 0.3 is 6.09 Å². The van der Waals surface area contributed by atoms with E-state index in [2.05, 4.69) is 6.92 Å². The van der Waals surface area contributed by atoms with Crippen molar-refractivity contribution in [3.05, 3.63) is 0 Å². The first-order valence-corrected chi connectivity index (χ1v) is 6.51. The highest BCUT2D eigenvalue weighted by Gasteiger charge is 2.28. The lowest BCUT2D eigenvalue weighted by molar-refractivity contribution is 0.0232. The van der Waals surface area contributed by atoms with Crippen molar-refractivity contribution in [1.29, 1.82) is 0 Å². The van der Waals surface area contributed by atoms with Gasteiger partial charge in [0.2, 0.25) is 0 Å². The molecule has 2 atom stereocenters. The fourth-order valence-corrected chi connectivity index (χ4v) is 2.26. The Morgan fingerprint density at radius 2 is 2.12 bits per heavy atom. The molecule has 1 fully saturated rings. The van der Waals surface area contributed by atoms with E-state index in [1.165, 1.54) is 0 Å². The van der Waals surface area contributed by atoms with Crippen LogP contribution in [0.3, 0.4) is 0 Å². The van der Waals surface area contributed by atoms with Gasteiger partial charge in [0.1, 0.15) is 5.60 Å². The van der Waals surface area contributed by atoms with Crippen LogP contribution >= 0.6 is 0 Å². The van der Waals surface area contributed by atoms with Crippen LogP contribution in [-0.4, -0.2) is 36.2 Å². The third kappa shape index (κ3) is 4.54. The Hall–Kier alpha value is -0.770. The average Bonchev–Trinajstić information content (AvgIpc) is 2.37. The summed E-state index contributed by atoms with van der Waals surface area (Å²) in [6, 6.07) is 0. The van der Waals surface area contributed by atoms with E-state index in [0.717, 1.165) is 25.9 Å². The number of carbonyl (C=O) groups is 1. The number of nitrogens with two attached hydrogens (primary N) is 1. The third-order valence-corrected chi connectivity index (χ3v) is 3.27. The summed E-state index contributed by atoms with van der Waals surface area (Å²) in [4.78, 5) is 13.8. The number of hydrogen-bond donors (Lipinski definition) is 1. The molecule has 0 aromatic heterocycles. The maximum atomic E-state index is 12.0. The summed E-state index contributed by atoms with van der Waals surface area (Å²) >= 11 is 0. The predicted octanol–water partition coefficient (Wildman–Crippen LogP) is 2.23. The van der Waals surface area contributed by atoms with Crippen molar-refractivity contribution >= 4 is 6.09 Å². The molecule has 0 aromatic rings. The first-order chi connectivity index (χ1) is 7.83. The molecule has 1 amide bonds. The molecule has 4 nitrogen and oxygen atoms in total. The van der Waals surface area contributed by atoms with Crippen LogP contribution in [0.2, 0.25) is 0 Å². The fourth-order valence-electron chi connectivity index (χ4n) is 2.26. The van der Waals surface area contributed by atoms with Crippen LogP contribution in [0.25, 0.3) is 0 Å². The highest BCUT2D eigenvalue weighted by atomic mass is 16.6. The largest absolute Gasteiger partial charge is 0.444 e. The summed E-state index contributed by atoms with van der Waals surface area (Å²) in [7, 11) is 0. The quantitative estimate of drug-likeness (QED) is 0.767. The van der Waals surface area contributed by atoms with Crippen molar-refractivity contribution in [3.63, 3.8) is 0 Å². The van der Waals surface area contributed by atoms with Gasteiger partial charge < -0.3 is 15.4 Å². The minimum absolute atomic E-state index is 0.193. The second-order valence-corrected chi connectivity index (χ2v) is 6.04. The molecule has 1 aliphatic rings. The standard InChI is InChI=1S/C13H26N2O2/c1-10-9-15(7-5-6-11(10)8-14)12(16)17-13(2,3)4/h10-11H,5-9,14H2,1-4H3/t10-,11-/m0/s1. The Morgan fingerprint density at radius 1 is 1.47 bits per heavy atom. The molecule has 0 saturated carbocycles. The van der Waals surface area contributed by atoms with Crippen molar-refractivity contribution in [2.75, 3.05) is 19.6 Å². The Morgan fingerprint density at radius 3 is 2.65 bits per heavy atom. The summed E-state index contributed by atoms with van der Waals surface area (Å²) < 4.78 is 5.41. The third-order valence-electron chi connectivity index (χ3n) is 3.27. The van der Waals surface area contributed by atoms with E-state index in [9.17, 15) is 4.79 Å². The highest BCUT2D eigenvalue weighted by molar-refractivity contribution is 5.68. The molecule has 0 spiro atoms. The number of rotatable bonds is 1. The zero-order valence-corrected chi connectivity index (χ0v) is 11.5. The van der Waals surface area contributed by atoms with Crippen LogP contribution in [0.4, 0.5) is 4.79 Å². The van der Waals surface area contributed by atoms with Gasteiger partial charge in [0.15, 0.2) is 0 Å². The van der Waals surface area contributed by atoms with Crippen LogP contribution in [0.15, 0.2) is 0 Å². The Bertz CT molecular complexity index is 261. The van der Waals surface area contributed by atoms with Gasteiger partial charge in [-0.1, -0.05) is 6.92 Å². The van der Waals surface area contributed by atoms with Crippen LogP contribution in [0.1, 0.15) is 40.5 Å². The zero-order chi connectivity index (χ0) is 13.1. The van der Waals surface area contributed by atoms with E-state index in [1.54, 1.807) is 0 Å². The van der Waals surface area contributed by atoms with E-state index < -0.39 is 5.60 Å². The highest BCUT2D eigenvalue weighted by Crippen LogP contribution is 2.23. The normalized spacial score (nSPS) is 26.5. The molecule has 0 radical (unpaired) electrons. The molecule has 0 bridgehead atoms. The minimum atomic E-state index is -0.417. The van der Waals surface area contributed by atoms with Crippen LogP contribution in [-0.2, 0) is 4.74 Å². The van der Waals surface area contributed by atoms with Crippen molar-refractivity contribution in [2.24, 2.45) is 17.6 Å². The summed E-state index contributed by atoms with van der Waals surface area (Å²) in [5, 5.41) is 0. The molecule has 0 unspecified atom stereocenters. The topological polar surface area (TPSA) is 55.6 Å². The molecule has 17 heavy (non-hydrogen) atoms. The number of likely N-dealkylation sites (tertiary alicyclic amines) is 1. The molecule has 4 heteroatoms. The second kappa shape index (κ2) is 5.71. The fraction of sp³-hybridized carbons (Fsp3) is 0.923. The van der Waals surface area contributed by atoms with Crippen LogP contribution in [0.5, 0.6) is 0 Å². The molecule has 0 aliphatic carbocycles. The predicted molar refractivity (Wildman–Crippen MR) is 68.7 cm³/mol.